The van der Waals surface area contributed by atoms with Gasteiger partial charge >= 0.3 is 0 Å². The van der Waals surface area contributed by atoms with E-state index in [1.165, 1.54) is 6.07 Å². The number of nitrogens with zero attached hydrogens (tertiary/aromatic N) is 1. The summed E-state index contributed by atoms with van der Waals surface area (Å²) in [6.45, 7) is 1.93. The highest BCUT2D eigenvalue weighted by Gasteiger charge is 2.18. The lowest BCUT2D eigenvalue weighted by molar-refractivity contribution is 0.561. The molecule has 106 valence electrons. The van der Waals surface area contributed by atoms with Gasteiger partial charge in [0.25, 0.3) is 0 Å². The molecule has 21 heavy (non-hydrogen) atoms. The fourth-order valence-corrected chi connectivity index (χ4v) is 2.63. The molecule has 1 atom stereocenters. The zero-order valence-electron chi connectivity index (χ0n) is 11.7. The van der Waals surface area contributed by atoms with Crippen LogP contribution in [0.5, 0.6) is 0 Å². The van der Waals surface area contributed by atoms with Crippen LogP contribution in [-0.2, 0) is 0 Å². The van der Waals surface area contributed by atoms with Crippen LogP contribution in [0.4, 0.5) is 4.39 Å². The molecule has 4 heteroatoms. The van der Waals surface area contributed by atoms with E-state index >= 15 is 0 Å². The number of hydrogen-bond acceptors (Lipinski definition) is 3. The Labute approximate surface area is 122 Å². The van der Waals surface area contributed by atoms with Crippen molar-refractivity contribution < 1.29 is 4.39 Å². The van der Waals surface area contributed by atoms with Gasteiger partial charge in [0.05, 0.1) is 6.04 Å². The zero-order chi connectivity index (χ0) is 14.8. The summed E-state index contributed by atoms with van der Waals surface area (Å²) in [5, 5.41) is 2.01. The number of aryl methyl sites for hydroxylation is 1. The van der Waals surface area contributed by atoms with Crippen molar-refractivity contribution in [2.75, 3.05) is 0 Å². The minimum Gasteiger partial charge on any atom is -0.271 e. The Hall–Kier alpha value is -2.30. The van der Waals surface area contributed by atoms with E-state index in [4.69, 9.17) is 5.84 Å². The first-order valence-electron chi connectivity index (χ1n) is 6.75. The molecule has 0 fully saturated rings. The van der Waals surface area contributed by atoms with Gasteiger partial charge in [-0.3, -0.25) is 10.8 Å². The molecule has 0 aliphatic carbocycles. The molecule has 1 heterocycles. The minimum absolute atomic E-state index is 0.269. The molecule has 2 aromatic carbocycles. The average molecular weight is 281 g/mol. The van der Waals surface area contributed by atoms with Gasteiger partial charge in [0.15, 0.2) is 0 Å². The summed E-state index contributed by atoms with van der Waals surface area (Å²) < 4.78 is 14.2. The monoisotopic (exact) mass is 281 g/mol. The summed E-state index contributed by atoms with van der Waals surface area (Å²) in [5.74, 6) is 5.45. The van der Waals surface area contributed by atoms with Crippen LogP contribution in [0.2, 0.25) is 0 Å². The Balaban J connectivity index is 2.21. The van der Waals surface area contributed by atoms with Crippen LogP contribution in [0.25, 0.3) is 10.8 Å². The van der Waals surface area contributed by atoms with Gasteiger partial charge < -0.3 is 0 Å². The van der Waals surface area contributed by atoms with Gasteiger partial charge in [-0.15, -0.1) is 0 Å². The highest BCUT2D eigenvalue weighted by atomic mass is 19.1. The third-order valence-electron chi connectivity index (χ3n) is 3.65. The van der Waals surface area contributed by atoms with E-state index in [1.807, 2.05) is 37.3 Å². The van der Waals surface area contributed by atoms with Crippen molar-refractivity contribution in [2.24, 2.45) is 5.84 Å². The predicted octanol–water partition coefficient (Wildman–Crippen LogP) is 3.24. The first-order chi connectivity index (χ1) is 10.2. The van der Waals surface area contributed by atoms with E-state index in [2.05, 4.69) is 10.4 Å². The van der Waals surface area contributed by atoms with Crippen molar-refractivity contribution in [1.82, 2.24) is 10.4 Å². The second-order valence-electron chi connectivity index (χ2n) is 5.07. The Morgan fingerprint density at radius 1 is 1.14 bits per heavy atom. The van der Waals surface area contributed by atoms with Crippen LogP contribution < -0.4 is 11.3 Å². The lowest BCUT2D eigenvalue weighted by Gasteiger charge is -2.20. The lowest BCUT2D eigenvalue weighted by Crippen LogP contribution is -2.29. The van der Waals surface area contributed by atoms with Crippen molar-refractivity contribution in [1.29, 1.82) is 0 Å². The van der Waals surface area contributed by atoms with Crippen LogP contribution in [0.3, 0.4) is 0 Å². The Kier molecular flexibility index (Phi) is 3.64. The van der Waals surface area contributed by atoms with Crippen molar-refractivity contribution in [3.8, 4) is 0 Å². The normalized spacial score (nSPS) is 12.5. The second kappa shape index (κ2) is 5.60. The van der Waals surface area contributed by atoms with E-state index in [9.17, 15) is 4.39 Å². The maximum atomic E-state index is 14.2. The molecule has 0 radical (unpaired) electrons. The van der Waals surface area contributed by atoms with Gasteiger partial charge in [-0.2, -0.15) is 0 Å². The smallest absolute Gasteiger partial charge is 0.128 e. The third-order valence-corrected chi connectivity index (χ3v) is 3.65. The number of nitrogens with two attached hydrogens (primary N) is 1. The Morgan fingerprint density at radius 2 is 2.00 bits per heavy atom. The quantitative estimate of drug-likeness (QED) is 0.572. The molecule has 0 bridgehead atoms. The van der Waals surface area contributed by atoms with E-state index in [0.29, 0.717) is 5.56 Å². The molecular weight excluding hydrogens is 265 g/mol. The zero-order valence-corrected chi connectivity index (χ0v) is 11.7. The van der Waals surface area contributed by atoms with Gasteiger partial charge in [-0.05, 0) is 30.0 Å². The number of nitrogens with one attached hydrogen (secondary N) is 1. The van der Waals surface area contributed by atoms with Crippen LogP contribution in [0.15, 0.2) is 54.9 Å². The maximum Gasteiger partial charge on any atom is 0.128 e. The summed E-state index contributed by atoms with van der Waals surface area (Å²) >= 11 is 0. The summed E-state index contributed by atoms with van der Waals surface area (Å²) in [6, 6.07) is 12.4. The highest BCUT2D eigenvalue weighted by Crippen LogP contribution is 2.29. The lowest BCUT2D eigenvalue weighted by atomic mass is 9.93. The number of hydrazine groups is 1. The standard InChI is InChI=1S/C17H16FN3/c1-11-5-6-16(18)15(9-11)17(21-19)14-4-2-3-12-10-20-8-7-13(12)14/h2-10,17,21H,19H2,1H3. The van der Waals surface area contributed by atoms with Gasteiger partial charge in [-0.1, -0.05) is 35.9 Å². The van der Waals surface area contributed by atoms with Gasteiger partial charge in [0.1, 0.15) is 5.82 Å². The molecule has 3 rings (SSSR count). The van der Waals surface area contributed by atoms with Crippen LogP contribution in [0, 0.1) is 12.7 Å². The summed E-state index contributed by atoms with van der Waals surface area (Å²) in [5.41, 5.74) is 5.20. The van der Waals surface area contributed by atoms with E-state index in [-0.39, 0.29) is 5.82 Å². The topological polar surface area (TPSA) is 50.9 Å². The average Bonchev–Trinajstić information content (AvgIpc) is 2.51. The fourth-order valence-electron chi connectivity index (χ4n) is 2.63. The molecule has 3 nitrogen and oxygen atoms in total. The molecule has 1 aromatic heterocycles. The predicted molar refractivity (Wildman–Crippen MR) is 82.0 cm³/mol. The van der Waals surface area contributed by atoms with Crippen LogP contribution >= 0.6 is 0 Å². The van der Waals surface area contributed by atoms with Crippen molar-refractivity contribution in [2.45, 2.75) is 13.0 Å². The molecule has 1 unspecified atom stereocenters. The molecule has 0 aliphatic heterocycles. The van der Waals surface area contributed by atoms with Crippen LogP contribution in [-0.4, -0.2) is 4.98 Å². The van der Waals surface area contributed by atoms with E-state index in [0.717, 1.165) is 21.9 Å². The number of halogens is 1. The van der Waals surface area contributed by atoms with Crippen molar-refractivity contribution in [3.05, 3.63) is 77.4 Å². The Morgan fingerprint density at radius 3 is 2.81 bits per heavy atom. The number of rotatable bonds is 3. The summed E-state index contributed by atoms with van der Waals surface area (Å²) in [7, 11) is 0. The first-order valence-corrected chi connectivity index (χ1v) is 6.75. The maximum absolute atomic E-state index is 14.2. The number of pyridine rings is 1. The molecule has 3 aromatic rings. The molecule has 0 saturated heterocycles. The Bertz CT molecular complexity index is 781. The van der Waals surface area contributed by atoms with Crippen molar-refractivity contribution in [3.63, 3.8) is 0 Å². The number of benzene rings is 2. The first kappa shape index (κ1) is 13.7. The van der Waals surface area contributed by atoms with Gasteiger partial charge in [0.2, 0.25) is 0 Å². The highest BCUT2D eigenvalue weighted by molar-refractivity contribution is 5.85. The molecule has 0 spiro atoms. The molecule has 0 aliphatic rings. The molecule has 0 amide bonds. The van der Waals surface area contributed by atoms with Crippen molar-refractivity contribution >= 4 is 10.8 Å². The van der Waals surface area contributed by atoms with Gasteiger partial charge in [-0.25, -0.2) is 9.82 Å². The second-order valence-corrected chi connectivity index (χ2v) is 5.07. The molecule has 3 N–H and O–H groups in total. The number of fused-ring (bicyclic) bond motifs is 1. The fraction of sp³-hybridized carbons (Fsp3) is 0.118. The largest absolute Gasteiger partial charge is 0.271 e. The summed E-state index contributed by atoms with van der Waals surface area (Å²) in [4.78, 5) is 4.12. The third kappa shape index (κ3) is 2.51. The summed E-state index contributed by atoms with van der Waals surface area (Å²) in [6.07, 6.45) is 3.52. The van der Waals surface area contributed by atoms with E-state index in [1.54, 1.807) is 18.5 Å². The minimum atomic E-state index is -0.406. The molecular formula is C17H16FN3. The SMILES string of the molecule is Cc1ccc(F)c(C(NN)c2cccc3cnccc23)c1. The number of hydrogen-bond donors (Lipinski definition) is 2. The van der Waals surface area contributed by atoms with Crippen LogP contribution in [0.1, 0.15) is 22.7 Å². The molecule has 0 saturated carbocycles. The van der Waals surface area contributed by atoms with E-state index < -0.39 is 6.04 Å². The van der Waals surface area contributed by atoms with Gasteiger partial charge in [0, 0.05) is 23.3 Å². The number of aromatic nitrogens is 1.